The van der Waals surface area contributed by atoms with E-state index in [1.165, 1.54) is 12.1 Å². The van der Waals surface area contributed by atoms with Gasteiger partial charge in [-0.05, 0) is 36.4 Å². The van der Waals surface area contributed by atoms with Crippen LogP contribution < -0.4 is 15.8 Å². The van der Waals surface area contributed by atoms with E-state index in [0.29, 0.717) is 24.8 Å². The first-order chi connectivity index (χ1) is 12.6. The molecule has 0 fully saturated rings. The van der Waals surface area contributed by atoms with Gasteiger partial charge in [0.15, 0.2) is 5.96 Å². The Balaban J connectivity index is 1.55. The lowest BCUT2D eigenvalue weighted by molar-refractivity contribution is 0.415. The van der Waals surface area contributed by atoms with E-state index in [9.17, 15) is 4.39 Å². The minimum absolute atomic E-state index is 0.297. The quantitative estimate of drug-likeness (QED) is 0.523. The molecule has 0 saturated heterocycles. The summed E-state index contributed by atoms with van der Waals surface area (Å²) >= 11 is 0. The fourth-order valence-corrected chi connectivity index (χ4v) is 2.33. The molecule has 0 radical (unpaired) electrons. The standard InChI is InChI=1S/C19H19FN4O2/c1-25-17-4-2-3-15(11-17)24-19(21)22-10-9-16-12-26-18(23-16)13-5-7-14(20)8-6-13/h2-8,11-12H,9-10H2,1H3,(H3,21,22,24). The van der Waals surface area contributed by atoms with Crippen LogP contribution in [-0.4, -0.2) is 24.6 Å². The summed E-state index contributed by atoms with van der Waals surface area (Å²) in [5.41, 5.74) is 8.16. The number of aromatic nitrogens is 1. The second kappa shape index (κ2) is 8.15. The van der Waals surface area contributed by atoms with Gasteiger partial charge in [0.05, 0.1) is 12.8 Å². The highest BCUT2D eigenvalue weighted by molar-refractivity contribution is 5.92. The van der Waals surface area contributed by atoms with Gasteiger partial charge in [0, 0.05) is 30.3 Å². The third kappa shape index (κ3) is 4.60. The summed E-state index contributed by atoms with van der Waals surface area (Å²) in [5.74, 6) is 1.19. The number of methoxy groups -OCH3 is 1. The van der Waals surface area contributed by atoms with E-state index in [1.807, 2.05) is 24.3 Å². The first-order valence-corrected chi connectivity index (χ1v) is 8.05. The van der Waals surface area contributed by atoms with Crippen molar-refractivity contribution in [2.75, 3.05) is 19.0 Å². The zero-order valence-electron chi connectivity index (χ0n) is 14.3. The van der Waals surface area contributed by atoms with Gasteiger partial charge in [0.1, 0.15) is 17.8 Å². The molecule has 3 N–H and O–H groups in total. The van der Waals surface area contributed by atoms with Crippen molar-refractivity contribution >= 4 is 11.6 Å². The molecule has 2 aromatic carbocycles. The Hall–Kier alpha value is -3.35. The second-order valence-electron chi connectivity index (χ2n) is 5.52. The molecule has 0 spiro atoms. The molecule has 0 unspecified atom stereocenters. The molecule has 7 heteroatoms. The average Bonchev–Trinajstić information content (AvgIpc) is 3.11. The number of rotatable bonds is 6. The van der Waals surface area contributed by atoms with Crippen molar-refractivity contribution in [2.45, 2.75) is 6.42 Å². The van der Waals surface area contributed by atoms with Gasteiger partial charge in [-0.2, -0.15) is 0 Å². The zero-order chi connectivity index (χ0) is 18.4. The topological polar surface area (TPSA) is 85.7 Å². The average molecular weight is 354 g/mol. The van der Waals surface area contributed by atoms with Gasteiger partial charge in [-0.3, -0.25) is 4.99 Å². The van der Waals surface area contributed by atoms with Crippen molar-refractivity contribution in [1.82, 2.24) is 4.98 Å². The lowest BCUT2D eigenvalue weighted by Crippen LogP contribution is -2.23. The number of nitrogens with one attached hydrogen (secondary N) is 1. The van der Waals surface area contributed by atoms with Crippen LogP contribution in [0.4, 0.5) is 10.1 Å². The van der Waals surface area contributed by atoms with Crippen LogP contribution >= 0.6 is 0 Å². The maximum absolute atomic E-state index is 13.0. The number of nitrogens with two attached hydrogens (primary N) is 1. The van der Waals surface area contributed by atoms with Crippen molar-refractivity contribution < 1.29 is 13.5 Å². The number of ether oxygens (including phenoxy) is 1. The van der Waals surface area contributed by atoms with E-state index in [-0.39, 0.29) is 5.82 Å². The molecule has 6 nitrogen and oxygen atoms in total. The number of hydrogen-bond donors (Lipinski definition) is 2. The molecule has 134 valence electrons. The normalized spacial score (nSPS) is 11.4. The Morgan fingerprint density at radius 3 is 2.85 bits per heavy atom. The Labute approximate surface area is 150 Å². The van der Waals surface area contributed by atoms with Crippen molar-refractivity contribution in [2.24, 2.45) is 10.7 Å². The number of benzene rings is 2. The fraction of sp³-hybridized carbons (Fsp3) is 0.158. The minimum Gasteiger partial charge on any atom is -0.497 e. The third-order valence-corrected chi connectivity index (χ3v) is 3.64. The fourth-order valence-electron chi connectivity index (χ4n) is 2.33. The van der Waals surface area contributed by atoms with E-state index in [4.69, 9.17) is 14.9 Å². The molecule has 0 aliphatic rings. The lowest BCUT2D eigenvalue weighted by Gasteiger charge is -2.07. The van der Waals surface area contributed by atoms with Crippen LogP contribution in [0.1, 0.15) is 5.69 Å². The summed E-state index contributed by atoms with van der Waals surface area (Å²) in [6.07, 6.45) is 2.14. The molecule has 0 amide bonds. The lowest BCUT2D eigenvalue weighted by atomic mass is 10.2. The number of aliphatic imine (C=N–C) groups is 1. The van der Waals surface area contributed by atoms with Gasteiger partial charge in [-0.1, -0.05) is 6.07 Å². The van der Waals surface area contributed by atoms with Crippen molar-refractivity contribution in [3.8, 4) is 17.2 Å². The monoisotopic (exact) mass is 354 g/mol. The first-order valence-electron chi connectivity index (χ1n) is 8.05. The van der Waals surface area contributed by atoms with Crippen LogP contribution in [0.2, 0.25) is 0 Å². The Kier molecular flexibility index (Phi) is 5.48. The summed E-state index contributed by atoms with van der Waals surface area (Å²) < 4.78 is 23.5. The van der Waals surface area contributed by atoms with Crippen LogP contribution in [0.5, 0.6) is 5.75 Å². The van der Waals surface area contributed by atoms with Gasteiger partial charge in [0.2, 0.25) is 5.89 Å². The zero-order valence-corrected chi connectivity index (χ0v) is 14.3. The summed E-state index contributed by atoms with van der Waals surface area (Å²) in [6, 6.07) is 13.4. The van der Waals surface area contributed by atoms with Gasteiger partial charge in [-0.15, -0.1) is 0 Å². The number of halogens is 1. The van der Waals surface area contributed by atoms with Gasteiger partial charge in [0.25, 0.3) is 0 Å². The highest BCUT2D eigenvalue weighted by Gasteiger charge is 2.06. The maximum atomic E-state index is 13.0. The highest BCUT2D eigenvalue weighted by Crippen LogP contribution is 2.19. The number of anilines is 1. The molecule has 3 rings (SSSR count). The molecule has 0 atom stereocenters. The number of nitrogens with zero attached hydrogens (tertiary/aromatic N) is 2. The largest absolute Gasteiger partial charge is 0.497 e. The predicted molar refractivity (Wildman–Crippen MR) is 98.7 cm³/mol. The molecule has 0 aliphatic heterocycles. The Morgan fingerprint density at radius 1 is 1.27 bits per heavy atom. The van der Waals surface area contributed by atoms with Gasteiger partial charge in [-0.25, -0.2) is 9.37 Å². The highest BCUT2D eigenvalue weighted by atomic mass is 19.1. The van der Waals surface area contributed by atoms with Crippen LogP contribution in [0.15, 0.2) is 64.2 Å². The molecule has 0 saturated carbocycles. The van der Waals surface area contributed by atoms with Gasteiger partial charge >= 0.3 is 0 Å². The molecular weight excluding hydrogens is 335 g/mol. The summed E-state index contributed by atoms with van der Waals surface area (Å²) in [6.45, 7) is 0.457. The smallest absolute Gasteiger partial charge is 0.226 e. The van der Waals surface area contributed by atoms with E-state index >= 15 is 0 Å². The molecule has 1 heterocycles. The SMILES string of the molecule is COc1cccc(NC(N)=NCCc2coc(-c3ccc(F)cc3)n2)c1. The van der Waals surface area contributed by atoms with E-state index in [1.54, 1.807) is 25.5 Å². The van der Waals surface area contributed by atoms with Gasteiger partial charge < -0.3 is 20.2 Å². The molecule has 0 aliphatic carbocycles. The Morgan fingerprint density at radius 2 is 2.08 bits per heavy atom. The van der Waals surface area contributed by atoms with Crippen LogP contribution in [0.3, 0.4) is 0 Å². The molecular formula is C19H19FN4O2. The summed E-state index contributed by atoms with van der Waals surface area (Å²) in [7, 11) is 1.61. The number of hydrogen-bond acceptors (Lipinski definition) is 4. The minimum atomic E-state index is -0.297. The maximum Gasteiger partial charge on any atom is 0.226 e. The molecule has 26 heavy (non-hydrogen) atoms. The van der Waals surface area contributed by atoms with E-state index in [2.05, 4.69) is 15.3 Å². The van der Waals surface area contributed by atoms with Crippen molar-refractivity contribution in [1.29, 1.82) is 0 Å². The van der Waals surface area contributed by atoms with E-state index in [0.717, 1.165) is 22.7 Å². The van der Waals surface area contributed by atoms with Crippen molar-refractivity contribution in [3.63, 3.8) is 0 Å². The first kappa shape index (κ1) is 17.5. The van der Waals surface area contributed by atoms with Crippen molar-refractivity contribution in [3.05, 3.63) is 66.3 Å². The predicted octanol–water partition coefficient (Wildman–Crippen LogP) is 3.46. The molecule has 1 aromatic heterocycles. The number of oxazole rings is 1. The second-order valence-corrected chi connectivity index (χ2v) is 5.52. The van der Waals surface area contributed by atoms with Crippen LogP contribution in [-0.2, 0) is 6.42 Å². The third-order valence-electron chi connectivity index (χ3n) is 3.64. The molecule has 0 bridgehead atoms. The number of guanidine groups is 1. The molecule has 3 aromatic rings. The van der Waals surface area contributed by atoms with Crippen LogP contribution in [0.25, 0.3) is 11.5 Å². The summed E-state index contributed by atoms with van der Waals surface area (Å²) in [5, 5.41) is 3.01. The Bertz CT molecular complexity index is 891. The summed E-state index contributed by atoms with van der Waals surface area (Å²) in [4.78, 5) is 8.65. The van der Waals surface area contributed by atoms with E-state index < -0.39 is 0 Å². The van der Waals surface area contributed by atoms with Crippen LogP contribution in [0, 0.1) is 5.82 Å².